The Labute approximate surface area is 284 Å². The second-order valence-corrected chi connectivity index (χ2v) is 15.6. The summed E-state index contributed by atoms with van der Waals surface area (Å²) >= 11 is 0. The van der Waals surface area contributed by atoms with E-state index >= 15 is 0 Å². The lowest BCUT2D eigenvalue weighted by Gasteiger charge is -2.53. The number of carbonyl (C=O) groups excluding carboxylic acids is 3. The number of nitrogens with two attached hydrogens (primary N) is 1. The molecule has 258 valence electrons. The normalized spacial score (nSPS) is 39.9. The second kappa shape index (κ2) is 10.4. The zero-order valence-corrected chi connectivity index (χ0v) is 27.8. The summed E-state index contributed by atoms with van der Waals surface area (Å²) in [6, 6.07) is 14.0. The third-order valence-corrected chi connectivity index (χ3v) is 12.9. The highest BCUT2D eigenvalue weighted by molar-refractivity contribution is 5.92. The molecule has 0 bridgehead atoms. The van der Waals surface area contributed by atoms with E-state index in [2.05, 4.69) is 26.1 Å². The predicted octanol–water partition coefficient (Wildman–Crippen LogP) is 2.66. The molecule has 2 saturated carbocycles. The largest absolute Gasteiger partial charge is 0.508 e. The maximum absolute atomic E-state index is 14.5. The highest BCUT2D eigenvalue weighted by Gasteiger charge is 3.01. The summed E-state index contributed by atoms with van der Waals surface area (Å²) in [5, 5.41) is 12.8. The molecule has 4 aliphatic heterocycles. The Kier molecular flexibility index (Phi) is 6.62. The van der Waals surface area contributed by atoms with Crippen LogP contribution in [0.2, 0.25) is 0 Å². The number of nitrogens with one attached hydrogen (secondary N) is 1. The molecule has 0 radical (unpaired) electrons. The second-order valence-electron chi connectivity index (χ2n) is 15.6. The van der Waals surface area contributed by atoms with E-state index in [0.717, 1.165) is 28.7 Å². The van der Waals surface area contributed by atoms with Gasteiger partial charge in [0.05, 0.1) is 12.1 Å². The Morgan fingerprint density at radius 1 is 1.02 bits per heavy atom. The molecule has 1 amide bonds. The van der Waals surface area contributed by atoms with Crippen molar-refractivity contribution in [2.75, 3.05) is 6.61 Å². The first kappa shape index (κ1) is 31.2. The molecule has 3 aliphatic carbocycles. The number of benzene rings is 2. The fourth-order valence-corrected chi connectivity index (χ4v) is 10.3. The number of epoxide rings is 3. The lowest BCUT2D eigenvalue weighted by atomic mass is 9.46. The van der Waals surface area contributed by atoms with Gasteiger partial charge in [-0.2, -0.15) is 0 Å². The maximum Gasteiger partial charge on any atom is 0.334 e. The topological polar surface area (TPSA) is 166 Å². The number of phenols is 1. The molecule has 49 heavy (non-hydrogen) atoms. The number of ether oxygens (including phenoxy) is 5. The molecule has 9 rings (SSSR count). The minimum absolute atomic E-state index is 0.0202. The molecular weight excluding hydrogens is 628 g/mol. The molecule has 11 nitrogen and oxygen atoms in total. The molecular formula is C38H42N2O9. The van der Waals surface area contributed by atoms with Crippen LogP contribution in [0.5, 0.6) is 5.75 Å². The lowest BCUT2D eigenvalue weighted by Crippen LogP contribution is -2.70. The summed E-state index contributed by atoms with van der Waals surface area (Å²) in [4.78, 5) is 40.6. The third kappa shape index (κ3) is 4.13. The summed E-state index contributed by atoms with van der Waals surface area (Å²) in [6.07, 6.45) is 0.879. The average molecular weight is 671 g/mol. The fraction of sp³-hybridized carbons (Fsp3) is 0.553. The molecule has 4 heterocycles. The predicted molar refractivity (Wildman–Crippen MR) is 173 cm³/mol. The van der Waals surface area contributed by atoms with E-state index in [4.69, 9.17) is 29.4 Å². The van der Waals surface area contributed by atoms with E-state index in [-0.39, 0.29) is 53.7 Å². The van der Waals surface area contributed by atoms with Crippen LogP contribution in [0.4, 0.5) is 0 Å². The maximum atomic E-state index is 14.5. The van der Waals surface area contributed by atoms with E-state index in [1.165, 1.54) is 0 Å². The number of cyclic esters (lactones) is 1. The van der Waals surface area contributed by atoms with Crippen molar-refractivity contribution in [2.24, 2.45) is 23.0 Å². The molecule has 2 aromatic carbocycles. The van der Waals surface area contributed by atoms with Gasteiger partial charge < -0.3 is 39.8 Å². The minimum Gasteiger partial charge on any atom is -0.508 e. The van der Waals surface area contributed by atoms with Crippen molar-refractivity contribution in [3.63, 3.8) is 0 Å². The summed E-state index contributed by atoms with van der Waals surface area (Å²) in [5.74, 6) is -1.18. The van der Waals surface area contributed by atoms with Gasteiger partial charge in [-0.25, -0.2) is 9.59 Å². The number of hydrogen-bond acceptors (Lipinski definition) is 10. The summed E-state index contributed by atoms with van der Waals surface area (Å²) in [5.41, 5.74) is 6.97. The molecule has 2 aromatic rings. The van der Waals surface area contributed by atoms with Crippen molar-refractivity contribution in [3.8, 4) is 5.75 Å². The first-order valence-corrected chi connectivity index (χ1v) is 17.5. The van der Waals surface area contributed by atoms with E-state index in [0.29, 0.717) is 25.9 Å². The van der Waals surface area contributed by atoms with Gasteiger partial charge in [-0.05, 0) is 66.4 Å². The molecule has 0 aromatic heterocycles. The van der Waals surface area contributed by atoms with Gasteiger partial charge in [-0.3, -0.25) is 4.79 Å². The van der Waals surface area contributed by atoms with Crippen LogP contribution in [-0.4, -0.2) is 82.9 Å². The molecule has 3 saturated heterocycles. The smallest absolute Gasteiger partial charge is 0.334 e. The number of hydrogen-bond donors (Lipinski definition) is 3. The van der Waals surface area contributed by atoms with Crippen molar-refractivity contribution < 1.29 is 43.2 Å². The molecule has 11 atom stereocenters. The summed E-state index contributed by atoms with van der Waals surface area (Å²) in [6.45, 7) is 6.66. The van der Waals surface area contributed by atoms with Gasteiger partial charge in [0.15, 0.2) is 11.7 Å². The Hall–Kier alpha value is -3.77. The van der Waals surface area contributed by atoms with Crippen molar-refractivity contribution in [1.29, 1.82) is 0 Å². The van der Waals surface area contributed by atoms with Gasteiger partial charge >= 0.3 is 11.9 Å². The van der Waals surface area contributed by atoms with Gasteiger partial charge in [-0.1, -0.05) is 63.2 Å². The van der Waals surface area contributed by atoms with Crippen LogP contribution in [0, 0.1) is 17.3 Å². The van der Waals surface area contributed by atoms with E-state index in [9.17, 15) is 19.5 Å². The number of amides is 1. The van der Waals surface area contributed by atoms with Gasteiger partial charge in [0.25, 0.3) is 0 Å². The third-order valence-electron chi connectivity index (χ3n) is 12.9. The number of carbonyl (C=O) groups is 3. The average Bonchev–Trinajstić information content (AvgIpc) is 4.00. The van der Waals surface area contributed by atoms with E-state index in [1.54, 1.807) is 24.3 Å². The fourth-order valence-electron chi connectivity index (χ4n) is 10.3. The zero-order chi connectivity index (χ0) is 34.1. The van der Waals surface area contributed by atoms with Gasteiger partial charge in [0, 0.05) is 17.4 Å². The SMILES string of the molecule is CC(C)[C@]12O[C@H]1[C@@H]1O[C@]13[C@]1(O[C@H]1C[C@H]1C4=C(CC[C@@]13C)C(=O)OC4)[C@@H]2OC(=O)[C@H](Cc1ccc(O)cc1)NC(=O)[C@@H](N)Cc1ccccc1. The Bertz CT molecular complexity index is 1780. The number of phenolic OH excluding ortho intramolecular Hbond substituents is 1. The number of rotatable bonds is 9. The summed E-state index contributed by atoms with van der Waals surface area (Å²) < 4.78 is 32.3. The van der Waals surface area contributed by atoms with Crippen LogP contribution in [0.15, 0.2) is 65.7 Å². The quantitative estimate of drug-likeness (QED) is 0.267. The van der Waals surface area contributed by atoms with Crippen LogP contribution < -0.4 is 11.1 Å². The molecule has 5 fully saturated rings. The Morgan fingerprint density at radius 3 is 2.49 bits per heavy atom. The zero-order valence-electron chi connectivity index (χ0n) is 27.8. The van der Waals surface area contributed by atoms with E-state index in [1.807, 2.05) is 30.3 Å². The first-order valence-electron chi connectivity index (χ1n) is 17.5. The van der Waals surface area contributed by atoms with Crippen LogP contribution in [0.3, 0.4) is 0 Å². The van der Waals surface area contributed by atoms with Crippen LogP contribution in [0.1, 0.15) is 51.2 Å². The van der Waals surface area contributed by atoms with Crippen LogP contribution in [-0.2, 0) is 50.9 Å². The number of fused-ring (bicyclic) bond motifs is 4. The molecule has 11 heteroatoms. The first-order chi connectivity index (χ1) is 23.5. The number of aromatic hydroxyl groups is 1. The van der Waals surface area contributed by atoms with Gasteiger partial charge in [0.1, 0.15) is 41.8 Å². The number of esters is 2. The highest BCUT2D eigenvalue weighted by Crippen LogP contribution is 2.83. The highest BCUT2D eigenvalue weighted by atomic mass is 16.8. The van der Waals surface area contributed by atoms with Crippen molar-refractivity contribution in [1.82, 2.24) is 5.32 Å². The summed E-state index contributed by atoms with van der Waals surface area (Å²) in [7, 11) is 0. The standard InChI is InChI=1S/C38H42N2O9/c1-19(2)36-29(48-36)30-38(49-30)35(3)14-13-23-24(18-45-32(23)43)25(35)17-28-37(38,47-28)34(36)46-33(44)27(16-21-9-11-22(41)12-10-21)40-31(42)26(39)15-20-7-5-4-6-8-20/h4-12,19,25-30,34,41H,13-18,39H2,1-3H3,(H,40,42)/t25-,26-,27-,28-,29-,30-,34+,35-,36-,37+,38+/m0/s1. The molecule has 7 aliphatic rings. The van der Waals surface area contributed by atoms with Gasteiger partial charge in [0.2, 0.25) is 5.91 Å². The monoisotopic (exact) mass is 670 g/mol. The minimum atomic E-state index is -1.07. The molecule has 4 N–H and O–H groups in total. The van der Waals surface area contributed by atoms with Crippen molar-refractivity contribution in [2.45, 2.75) is 106 Å². The molecule has 2 spiro atoms. The lowest BCUT2D eigenvalue weighted by molar-refractivity contribution is -0.172. The Balaban J connectivity index is 1.03. The van der Waals surface area contributed by atoms with Crippen LogP contribution in [0.25, 0.3) is 0 Å². The van der Waals surface area contributed by atoms with Gasteiger partial charge in [-0.15, -0.1) is 0 Å². The Morgan fingerprint density at radius 2 is 1.76 bits per heavy atom. The molecule has 0 unspecified atom stereocenters. The van der Waals surface area contributed by atoms with Crippen molar-refractivity contribution >= 4 is 17.8 Å². The van der Waals surface area contributed by atoms with E-state index < -0.39 is 46.9 Å². The van der Waals surface area contributed by atoms with Crippen LogP contribution >= 0.6 is 0 Å². The van der Waals surface area contributed by atoms with Crippen molar-refractivity contribution in [3.05, 3.63) is 76.9 Å².